The Morgan fingerprint density at radius 3 is 3.06 bits per heavy atom. The Morgan fingerprint density at radius 1 is 1.41 bits per heavy atom. The number of fused-ring (bicyclic) bond motifs is 1. The van der Waals surface area contributed by atoms with Gasteiger partial charge in [-0.1, -0.05) is 19.1 Å². The molecule has 0 spiro atoms. The van der Waals surface area contributed by atoms with E-state index in [0.29, 0.717) is 5.25 Å². The number of aromatic nitrogens is 1. The van der Waals surface area contributed by atoms with Crippen molar-refractivity contribution < 1.29 is 5.11 Å². The summed E-state index contributed by atoms with van der Waals surface area (Å²) in [5, 5.41) is 12.3. The highest BCUT2D eigenvalue weighted by Gasteiger charge is 2.37. The van der Waals surface area contributed by atoms with Crippen molar-refractivity contribution in [1.82, 2.24) is 4.98 Å². The van der Waals surface area contributed by atoms with E-state index in [0.717, 1.165) is 28.6 Å². The normalized spacial score (nSPS) is 28.7. The first-order valence-corrected chi connectivity index (χ1v) is 6.91. The first-order valence-electron chi connectivity index (χ1n) is 5.87. The Hall–Kier alpha value is -1.06. The number of hydrogen-bond donors (Lipinski definition) is 1. The molecular weight excluding hydrogens is 230 g/mol. The highest BCUT2D eigenvalue weighted by atomic mass is 32.2. The summed E-state index contributed by atoms with van der Waals surface area (Å²) in [6, 6.07) is 10.0. The van der Waals surface area contributed by atoms with Crippen LogP contribution < -0.4 is 0 Å². The zero-order chi connectivity index (χ0) is 11.9. The van der Waals surface area contributed by atoms with Gasteiger partial charge in [0.2, 0.25) is 0 Å². The first kappa shape index (κ1) is 11.1. The van der Waals surface area contributed by atoms with Gasteiger partial charge in [-0.3, -0.25) is 4.98 Å². The highest BCUT2D eigenvalue weighted by Crippen LogP contribution is 2.41. The van der Waals surface area contributed by atoms with Crippen LogP contribution in [-0.2, 0) is 5.60 Å². The van der Waals surface area contributed by atoms with Gasteiger partial charge in [-0.05, 0) is 30.2 Å². The van der Waals surface area contributed by atoms with Gasteiger partial charge >= 0.3 is 0 Å². The van der Waals surface area contributed by atoms with Gasteiger partial charge in [0, 0.05) is 22.6 Å². The lowest BCUT2D eigenvalue weighted by molar-refractivity contribution is 0.0613. The fraction of sp³-hybridized carbons (Fsp3) is 0.357. The van der Waals surface area contributed by atoms with Crippen molar-refractivity contribution in [3.05, 3.63) is 42.1 Å². The quantitative estimate of drug-likeness (QED) is 0.838. The molecule has 0 saturated carbocycles. The Morgan fingerprint density at radius 2 is 2.29 bits per heavy atom. The number of rotatable bonds is 1. The van der Waals surface area contributed by atoms with Crippen molar-refractivity contribution in [2.75, 3.05) is 5.75 Å². The van der Waals surface area contributed by atoms with Crippen LogP contribution in [0.25, 0.3) is 10.9 Å². The summed E-state index contributed by atoms with van der Waals surface area (Å²) in [6.45, 7) is 2.17. The van der Waals surface area contributed by atoms with Gasteiger partial charge in [-0.2, -0.15) is 11.8 Å². The molecule has 1 aromatic heterocycles. The van der Waals surface area contributed by atoms with E-state index in [9.17, 15) is 5.11 Å². The monoisotopic (exact) mass is 245 g/mol. The lowest BCUT2D eigenvalue weighted by Gasteiger charge is -2.22. The Labute approximate surface area is 105 Å². The predicted octanol–water partition coefficient (Wildman–Crippen LogP) is 2.95. The molecule has 2 atom stereocenters. The van der Waals surface area contributed by atoms with Gasteiger partial charge in [-0.15, -0.1) is 0 Å². The molecule has 2 unspecified atom stereocenters. The van der Waals surface area contributed by atoms with Crippen LogP contribution in [0.5, 0.6) is 0 Å². The molecule has 2 aromatic rings. The van der Waals surface area contributed by atoms with Gasteiger partial charge in [0.1, 0.15) is 0 Å². The van der Waals surface area contributed by atoms with Gasteiger partial charge < -0.3 is 5.11 Å². The second kappa shape index (κ2) is 4.00. The number of benzene rings is 1. The summed E-state index contributed by atoms with van der Waals surface area (Å²) >= 11 is 1.84. The lowest BCUT2D eigenvalue weighted by atomic mass is 9.90. The minimum absolute atomic E-state index is 0.532. The van der Waals surface area contributed by atoms with Crippen LogP contribution in [-0.4, -0.2) is 21.1 Å². The molecule has 0 radical (unpaired) electrons. The van der Waals surface area contributed by atoms with Crippen LogP contribution in [0.15, 0.2) is 36.5 Å². The number of aliphatic hydroxyl groups is 1. The van der Waals surface area contributed by atoms with Gasteiger partial charge in [-0.25, -0.2) is 0 Å². The van der Waals surface area contributed by atoms with E-state index >= 15 is 0 Å². The Kier molecular flexibility index (Phi) is 2.60. The summed E-state index contributed by atoms with van der Waals surface area (Å²) < 4.78 is 0. The molecule has 17 heavy (non-hydrogen) atoms. The number of pyridine rings is 1. The van der Waals surface area contributed by atoms with E-state index in [1.165, 1.54) is 0 Å². The highest BCUT2D eigenvalue weighted by molar-refractivity contribution is 8.00. The van der Waals surface area contributed by atoms with Crippen LogP contribution in [0.2, 0.25) is 0 Å². The summed E-state index contributed by atoms with van der Waals surface area (Å²) in [7, 11) is 0. The number of thioether (sulfide) groups is 1. The summed E-state index contributed by atoms with van der Waals surface area (Å²) in [5.41, 5.74) is 1.35. The fourth-order valence-corrected chi connectivity index (χ4v) is 3.68. The molecule has 0 aliphatic carbocycles. The molecule has 88 valence electrons. The SMILES string of the molecule is CC1CC(O)(c2ccc3ncccc3c2)CS1. The lowest BCUT2D eigenvalue weighted by Crippen LogP contribution is -2.25. The maximum absolute atomic E-state index is 10.7. The van der Waals surface area contributed by atoms with Crippen molar-refractivity contribution in [3.8, 4) is 0 Å². The van der Waals surface area contributed by atoms with Crippen molar-refractivity contribution in [2.45, 2.75) is 24.2 Å². The third-order valence-electron chi connectivity index (χ3n) is 3.37. The van der Waals surface area contributed by atoms with Crippen LogP contribution in [0.4, 0.5) is 0 Å². The van der Waals surface area contributed by atoms with Gasteiger partial charge in [0.05, 0.1) is 11.1 Å². The van der Waals surface area contributed by atoms with Crippen molar-refractivity contribution in [2.24, 2.45) is 0 Å². The largest absolute Gasteiger partial charge is 0.384 e. The minimum Gasteiger partial charge on any atom is -0.384 e. The molecule has 1 aromatic carbocycles. The Balaban J connectivity index is 2.06. The van der Waals surface area contributed by atoms with Crippen LogP contribution in [0, 0.1) is 0 Å². The molecule has 0 bridgehead atoms. The standard InChI is InChI=1S/C14H15NOS/c1-10-8-14(16,9-17-10)12-4-5-13-11(7-12)3-2-6-15-13/h2-7,10,16H,8-9H2,1H3. The fourth-order valence-electron chi connectivity index (χ4n) is 2.44. The molecule has 1 fully saturated rings. The topological polar surface area (TPSA) is 33.1 Å². The summed E-state index contributed by atoms with van der Waals surface area (Å²) in [4.78, 5) is 4.30. The molecule has 2 nitrogen and oxygen atoms in total. The second-order valence-electron chi connectivity index (χ2n) is 4.77. The molecule has 1 N–H and O–H groups in total. The third kappa shape index (κ3) is 1.94. The maximum atomic E-state index is 10.7. The van der Waals surface area contributed by atoms with E-state index in [1.807, 2.05) is 36.0 Å². The zero-order valence-corrected chi connectivity index (χ0v) is 10.6. The third-order valence-corrected chi connectivity index (χ3v) is 4.75. The maximum Gasteiger partial charge on any atom is 0.0997 e. The van der Waals surface area contributed by atoms with E-state index in [1.54, 1.807) is 6.20 Å². The average Bonchev–Trinajstić information content (AvgIpc) is 2.70. The van der Waals surface area contributed by atoms with E-state index in [2.05, 4.69) is 18.0 Å². The van der Waals surface area contributed by atoms with Crippen molar-refractivity contribution >= 4 is 22.7 Å². The molecule has 1 saturated heterocycles. The molecule has 1 aliphatic heterocycles. The smallest absolute Gasteiger partial charge is 0.0997 e. The average molecular weight is 245 g/mol. The van der Waals surface area contributed by atoms with Crippen LogP contribution in [0.1, 0.15) is 18.9 Å². The molecule has 3 heteroatoms. The molecular formula is C14H15NOS. The number of nitrogens with zero attached hydrogens (tertiary/aromatic N) is 1. The summed E-state index contributed by atoms with van der Waals surface area (Å²) in [6.07, 6.45) is 2.63. The van der Waals surface area contributed by atoms with Gasteiger partial charge in [0.25, 0.3) is 0 Å². The first-order chi connectivity index (χ1) is 8.17. The molecule has 3 rings (SSSR count). The van der Waals surface area contributed by atoms with Gasteiger partial charge in [0.15, 0.2) is 0 Å². The Bertz CT molecular complexity index is 557. The van der Waals surface area contributed by atoms with E-state index < -0.39 is 5.60 Å². The van der Waals surface area contributed by atoms with E-state index in [-0.39, 0.29) is 0 Å². The second-order valence-corrected chi connectivity index (χ2v) is 6.19. The molecule has 2 heterocycles. The van der Waals surface area contributed by atoms with E-state index in [4.69, 9.17) is 0 Å². The minimum atomic E-state index is -0.659. The van der Waals surface area contributed by atoms with Crippen molar-refractivity contribution in [1.29, 1.82) is 0 Å². The predicted molar refractivity (Wildman–Crippen MR) is 72.2 cm³/mol. The van der Waals surface area contributed by atoms with Crippen LogP contribution >= 0.6 is 11.8 Å². The molecule has 1 aliphatic rings. The summed E-state index contributed by atoms with van der Waals surface area (Å²) in [5.74, 6) is 0.792. The number of hydrogen-bond acceptors (Lipinski definition) is 3. The zero-order valence-electron chi connectivity index (χ0n) is 9.76. The van der Waals surface area contributed by atoms with Crippen molar-refractivity contribution in [3.63, 3.8) is 0 Å². The molecule has 0 amide bonds. The van der Waals surface area contributed by atoms with Crippen LogP contribution in [0.3, 0.4) is 0 Å².